The van der Waals surface area contributed by atoms with Crippen LogP contribution in [-0.2, 0) is 22.6 Å². The molecule has 1 saturated heterocycles. The zero-order valence-corrected chi connectivity index (χ0v) is 19.9. The maximum atomic E-state index is 13.4. The van der Waals surface area contributed by atoms with Crippen molar-refractivity contribution < 1.29 is 24.2 Å². The van der Waals surface area contributed by atoms with E-state index in [1.165, 1.54) is 4.90 Å². The second-order valence-electron chi connectivity index (χ2n) is 9.11. The van der Waals surface area contributed by atoms with Gasteiger partial charge in [-0.3, -0.25) is 9.59 Å². The largest absolute Gasteiger partial charge is 0.507 e. The van der Waals surface area contributed by atoms with E-state index in [4.69, 9.17) is 9.47 Å². The molecule has 6 heteroatoms. The lowest BCUT2D eigenvalue weighted by atomic mass is 9.93. The molecule has 5 rings (SSSR count). The molecule has 1 N–H and O–H groups in total. The molecule has 3 aromatic carbocycles. The molecule has 0 aliphatic carbocycles. The molecule has 35 heavy (non-hydrogen) atoms. The average Bonchev–Trinajstić information content (AvgIpc) is 3.35. The van der Waals surface area contributed by atoms with Crippen molar-refractivity contribution in [3.05, 3.63) is 100 Å². The van der Waals surface area contributed by atoms with Gasteiger partial charge in [-0.05, 0) is 49.2 Å². The number of hydrogen-bond donors (Lipinski definition) is 1. The normalized spacial score (nSPS) is 20.6. The number of rotatable bonds is 5. The number of methoxy groups -OCH3 is 1. The number of hydrogen-bond acceptors (Lipinski definition) is 5. The van der Waals surface area contributed by atoms with Gasteiger partial charge in [0.1, 0.15) is 23.4 Å². The quantitative estimate of drug-likeness (QED) is 0.325. The van der Waals surface area contributed by atoms with E-state index in [0.29, 0.717) is 11.3 Å². The Labute approximate surface area is 204 Å². The summed E-state index contributed by atoms with van der Waals surface area (Å²) in [5.41, 5.74) is 4.08. The summed E-state index contributed by atoms with van der Waals surface area (Å²) < 4.78 is 11.3. The van der Waals surface area contributed by atoms with Crippen molar-refractivity contribution in [2.45, 2.75) is 39.0 Å². The first-order valence-corrected chi connectivity index (χ1v) is 11.6. The van der Waals surface area contributed by atoms with Gasteiger partial charge in [-0.1, -0.05) is 48.0 Å². The zero-order chi connectivity index (χ0) is 24.7. The molecule has 1 amide bonds. The van der Waals surface area contributed by atoms with Crippen molar-refractivity contribution in [1.82, 2.24) is 4.90 Å². The topological polar surface area (TPSA) is 76.1 Å². The third kappa shape index (κ3) is 4.05. The van der Waals surface area contributed by atoms with Crippen LogP contribution in [0, 0.1) is 6.92 Å². The Morgan fingerprint density at radius 2 is 1.89 bits per heavy atom. The van der Waals surface area contributed by atoms with E-state index in [9.17, 15) is 14.7 Å². The van der Waals surface area contributed by atoms with Crippen LogP contribution in [0.1, 0.15) is 40.8 Å². The molecule has 6 nitrogen and oxygen atoms in total. The van der Waals surface area contributed by atoms with Gasteiger partial charge in [-0.15, -0.1) is 0 Å². The van der Waals surface area contributed by atoms with Crippen LogP contribution in [0.25, 0.3) is 5.76 Å². The van der Waals surface area contributed by atoms with Crippen LogP contribution >= 0.6 is 0 Å². The summed E-state index contributed by atoms with van der Waals surface area (Å²) >= 11 is 0. The van der Waals surface area contributed by atoms with E-state index in [1.807, 2.05) is 68.4 Å². The second kappa shape index (κ2) is 8.95. The molecule has 2 atom stereocenters. The second-order valence-corrected chi connectivity index (χ2v) is 9.11. The molecule has 178 valence electrons. The number of carbonyl (C=O) groups excluding carboxylic acids is 2. The fourth-order valence-corrected chi connectivity index (χ4v) is 4.97. The van der Waals surface area contributed by atoms with Crippen molar-refractivity contribution in [2.24, 2.45) is 0 Å². The van der Waals surface area contributed by atoms with Crippen LogP contribution in [0.15, 0.2) is 72.3 Å². The number of aliphatic hydroxyl groups excluding tert-OH is 1. The smallest absolute Gasteiger partial charge is 0.295 e. The zero-order valence-electron chi connectivity index (χ0n) is 19.9. The lowest BCUT2D eigenvalue weighted by Gasteiger charge is -2.26. The number of ketones is 1. The van der Waals surface area contributed by atoms with Crippen LogP contribution < -0.4 is 9.47 Å². The molecular weight excluding hydrogens is 442 g/mol. The molecule has 2 unspecified atom stereocenters. The van der Waals surface area contributed by atoms with E-state index in [-0.39, 0.29) is 24.0 Å². The number of nitrogens with zero attached hydrogens (tertiary/aromatic N) is 1. The third-order valence-electron chi connectivity index (χ3n) is 6.60. The van der Waals surface area contributed by atoms with Crippen LogP contribution in [0.2, 0.25) is 0 Å². The SMILES string of the molecule is COc1ccccc1CN1C(=O)C(=O)/C(=C(\O)c2ccc3c(c2)CC(C)O3)C1c1cccc(C)c1. The first-order chi connectivity index (χ1) is 16.9. The first kappa shape index (κ1) is 22.7. The van der Waals surface area contributed by atoms with Crippen LogP contribution in [0.3, 0.4) is 0 Å². The van der Waals surface area contributed by atoms with Gasteiger partial charge in [0.25, 0.3) is 11.7 Å². The van der Waals surface area contributed by atoms with Crippen LogP contribution in [-0.4, -0.2) is 34.9 Å². The van der Waals surface area contributed by atoms with Crippen LogP contribution in [0.5, 0.6) is 11.5 Å². The first-order valence-electron chi connectivity index (χ1n) is 11.6. The summed E-state index contributed by atoms with van der Waals surface area (Å²) in [6, 6.07) is 19.7. The Morgan fingerprint density at radius 1 is 1.09 bits per heavy atom. The third-order valence-corrected chi connectivity index (χ3v) is 6.60. The molecule has 2 aliphatic rings. The molecule has 0 radical (unpaired) electrons. The number of ether oxygens (including phenoxy) is 2. The lowest BCUT2D eigenvalue weighted by Crippen LogP contribution is -2.29. The molecule has 0 saturated carbocycles. The average molecular weight is 470 g/mol. The summed E-state index contributed by atoms with van der Waals surface area (Å²) in [6.07, 6.45) is 0.779. The van der Waals surface area contributed by atoms with E-state index in [0.717, 1.165) is 34.4 Å². The monoisotopic (exact) mass is 469 g/mol. The Hall–Kier alpha value is -4.06. The predicted octanol–water partition coefficient (Wildman–Crippen LogP) is 4.95. The highest BCUT2D eigenvalue weighted by molar-refractivity contribution is 6.46. The van der Waals surface area contributed by atoms with Crippen molar-refractivity contribution >= 4 is 17.4 Å². The van der Waals surface area contributed by atoms with Gasteiger partial charge in [-0.2, -0.15) is 0 Å². The molecule has 2 aliphatic heterocycles. The number of para-hydroxylation sites is 1. The Morgan fingerprint density at radius 3 is 2.66 bits per heavy atom. The van der Waals surface area contributed by atoms with Gasteiger partial charge in [0.15, 0.2) is 0 Å². The maximum absolute atomic E-state index is 13.4. The van der Waals surface area contributed by atoms with Crippen molar-refractivity contribution in [3.63, 3.8) is 0 Å². The van der Waals surface area contributed by atoms with Crippen molar-refractivity contribution in [3.8, 4) is 11.5 Å². The van der Waals surface area contributed by atoms with Gasteiger partial charge in [0.05, 0.1) is 25.3 Å². The molecule has 1 fully saturated rings. The fraction of sp³-hybridized carbons (Fsp3) is 0.241. The minimum atomic E-state index is -0.733. The summed E-state index contributed by atoms with van der Waals surface area (Å²) in [5.74, 6) is -0.123. The number of carbonyl (C=O) groups is 2. The Bertz CT molecular complexity index is 1360. The van der Waals surface area contributed by atoms with Gasteiger partial charge >= 0.3 is 0 Å². The van der Waals surface area contributed by atoms with Crippen molar-refractivity contribution in [2.75, 3.05) is 7.11 Å². The van der Waals surface area contributed by atoms with E-state index in [1.54, 1.807) is 19.2 Å². The van der Waals surface area contributed by atoms with E-state index in [2.05, 4.69) is 0 Å². The van der Waals surface area contributed by atoms with E-state index < -0.39 is 17.7 Å². The summed E-state index contributed by atoms with van der Waals surface area (Å²) in [7, 11) is 1.57. The highest BCUT2D eigenvalue weighted by atomic mass is 16.5. The number of benzene rings is 3. The Kier molecular flexibility index (Phi) is 5.81. The number of likely N-dealkylation sites (tertiary alicyclic amines) is 1. The molecule has 3 aromatic rings. The number of amides is 1. The molecule has 0 spiro atoms. The molecular formula is C29H27NO5. The highest BCUT2D eigenvalue weighted by Crippen LogP contribution is 2.42. The Balaban J connectivity index is 1.64. The van der Waals surface area contributed by atoms with Gasteiger partial charge < -0.3 is 19.5 Å². The number of aliphatic hydroxyl groups is 1. The predicted molar refractivity (Wildman–Crippen MR) is 132 cm³/mol. The summed E-state index contributed by atoms with van der Waals surface area (Å²) in [6.45, 7) is 4.11. The van der Waals surface area contributed by atoms with E-state index >= 15 is 0 Å². The standard InChI is InChI=1S/C29H27NO5/c1-17-7-6-9-19(13-17)26-25(27(31)20-11-12-24-22(15-20)14-18(2)35-24)28(32)29(33)30(26)16-21-8-4-5-10-23(21)34-3/h4-13,15,18,26,31H,14,16H2,1-3H3/b27-25-. The number of aryl methyl sites for hydroxylation is 1. The minimum absolute atomic E-state index is 0.0566. The van der Waals surface area contributed by atoms with Gasteiger partial charge in [0, 0.05) is 17.5 Å². The van der Waals surface area contributed by atoms with Crippen molar-refractivity contribution in [1.29, 1.82) is 0 Å². The molecule has 2 heterocycles. The van der Waals surface area contributed by atoms with Gasteiger partial charge in [0.2, 0.25) is 0 Å². The maximum Gasteiger partial charge on any atom is 0.295 e. The summed E-state index contributed by atoms with van der Waals surface area (Å²) in [4.78, 5) is 28.2. The molecule has 0 bridgehead atoms. The highest BCUT2D eigenvalue weighted by Gasteiger charge is 2.46. The number of Topliss-reactive ketones (excluding diaryl/α,β-unsaturated/α-hetero) is 1. The van der Waals surface area contributed by atoms with Gasteiger partial charge in [-0.25, -0.2) is 0 Å². The summed E-state index contributed by atoms with van der Waals surface area (Å²) in [5, 5.41) is 11.4. The minimum Gasteiger partial charge on any atom is -0.507 e. The fourth-order valence-electron chi connectivity index (χ4n) is 4.97. The van der Waals surface area contributed by atoms with Crippen LogP contribution in [0.4, 0.5) is 0 Å². The molecule has 0 aromatic heterocycles. The number of fused-ring (bicyclic) bond motifs is 1. The lowest BCUT2D eigenvalue weighted by molar-refractivity contribution is -0.140.